The monoisotopic (exact) mass is 355 g/mol. The number of hydrogen-bond donors (Lipinski definition) is 1. The van der Waals surface area contributed by atoms with Crippen LogP contribution in [0.4, 0.5) is 0 Å². The Morgan fingerprint density at radius 3 is 2.40 bits per heavy atom. The summed E-state index contributed by atoms with van der Waals surface area (Å²) in [6.45, 7) is 2.97. The minimum absolute atomic E-state index is 0.138. The number of aryl methyl sites for hydroxylation is 1. The summed E-state index contributed by atoms with van der Waals surface area (Å²) in [5.41, 5.74) is 1.67. The molecule has 25 heavy (non-hydrogen) atoms. The molecule has 130 valence electrons. The average Bonchev–Trinajstić information content (AvgIpc) is 3.32. The van der Waals surface area contributed by atoms with E-state index in [2.05, 4.69) is 0 Å². The number of carbonyl (C=O) groups excluding carboxylic acids is 1. The Labute approximate surface area is 153 Å². The molecule has 3 nitrogen and oxygen atoms in total. The maximum Gasteiger partial charge on any atom is 0.233 e. The number of aliphatic hydroxyl groups is 1. The highest BCUT2D eigenvalue weighted by atomic mass is 35.5. The lowest BCUT2D eigenvalue weighted by molar-refractivity contribution is -0.134. The second-order valence-corrected chi connectivity index (χ2v) is 7.85. The van der Waals surface area contributed by atoms with E-state index >= 15 is 0 Å². The van der Waals surface area contributed by atoms with Gasteiger partial charge in [0.25, 0.3) is 0 Å². The summed E-state index contributed by atoms with van der Waals surface area (Å²) in [7, 11) is 0. The van der Waals surface area contributed by atoms with E-state index in [1.807, 2.05) is 60.4 Å². The van der Waals surface area contributed by atoms with E-state index in [9.17, 15) is 9.90 Å². The fourth-order valence-corrected chi connectivity index (χ4v) is 4.23. The molecule has 1 heterocycles. The molecule has 1 aliphatic heterocycles. The summed E-state index contributed by atoms with van der Waals surface area (Å²) in [4.78, 5) is 15.0. The molecule has 0 spiro atoms. The van der Waals surface area contributed by atoms with Crippen molar-refractivity contribution in [2.45, 2.75) is 37.2 Å². The first-order valence-electron chi connectivity index (χ1n) is 8.79. The summed E-state index contributed by atoms with van der Waals surface area (Å²) in [6, 6.07) is 15.5. The highest BCUT2D eigenvalue weighted by Gasteiger charge is 2.55. The molecule has 4 rings (SSSR count). The van der Waals surface area contributed by atoms with Gasteiger partial charge in [-0.3, -0.25) is 4.79 Å². The Morgan fingerprint density at radius 1 is 1.08 bits per heavy atom. The van der Waals surface area contributed by atoms with Gasteiger partial charge in [-0.1, -0.05) is 48.0 Å². The fraction of sp³-hybridized carbons (Fsp3) is 0.381. The zero-order valence-corrected chi connectivity index (χ0v) is 15.1. The van der Waals surface area contributed by atoms with Gasteiger partial charge in [0.15, 0.2) is 0 Å². The van der Waals surface area contributed by atoms with Gasteiger partial charge in [-0.2, -0.15) is 0 Å². The molecule has 0 bridgehead atoms. The minimum Gasteiger partial charge on any atom is -0.383 e. The highest BCUT2D eigenvalue weighted by molar-refractivity contribution is 6.30. The van der Waals surface area contributed by atoms with Gasteiger partial charge in [-0.05, 0) is 55.0 Å². The molecule has 2 aliphatic rings. The molecule has 1 aliphatic carbocycles. The van der Waals surface area contributed by atoms with Crippen molar-refractivity contribution < 1.29 is 9.90 Å². The lowest BCUT2D eigenvalue weighted by Gasteiger charge is -2.27. The SMILES string of the molecule is Cc1ccccc1[C@@]1(O)CCN(C(=O)C2(c3ccc(Cl)cc3)CC2)C1. The molecular formula is C21H22ClNO2. The number of rotatable bonds is 3. The van der Waals surface area contributed by atoms with Crippen LogP contribution in [0, 0.1) is 6.92 Å². The molecule has 0 aromatic heterocycles. The first kappa shape index (κ1) is 16.6. The first-order chi connectivity index (χ1) is 11.9. The summed E-state index contributed by atoms with van der Waals surface area (Å²) in [5, 5.41) is 11.8. The smallest absolute Gasteiger partial charge is 0.233 e. The Morgan fingerprint density at radius 2 is 1.76 bits per heavy atom. The molecule has 2 aromatic rings. The van der Waals surface area contributed by atoms with Crippen molar-refractivity contribution in [2.75, 3.05) is 13.1 Å². The summed E-state index contributed by atoms with van der Waals surface area (Å²) < 4.78 is 0. The van der Waals surface area contributed by atoms with Crippen LogP contribution in [0.15, 0.2) is 48.5 Å². The number of β-amino-alcohol motifs (C(OH)–C–C–N with tert-alkyl or cyclic N) is 1. The quantitative estimate of drug-likeness (QED) is 0.909. The van der Waals surface area contributed by atoms with Crippen molar-refractivity contribution in [3.8, 4) is 0 Å². The third-order valence-corrected chi connectivity index (χ3v) is 5.99. The summed E-state index contributed by atoms with van der Waals surface area (Å²) in [5.74, 6) is 0.138. The zero-order valence-electron chi connectivity index (χ0n) is 14.3. The summed E-state index contributed by atoms with van der Waals surface area (Å²) >= 11 is 5.98. The largest absolute Gasteiger partial charge is 0.383 e. The number of carbonyl (C=O) groups is 1. The lowest BCUT2D eigenvalue weighted by atomic mass is 9.89. The van der Waals surface area contributed by atoms with Crippen LogP contribution in [0.2, 0.25) is 5.02 Å². The molecule has 2 fully saturated rings. The number of amides is 1. The van der Waals surface area contributed by atoms with Gasteiger partial charge in [0.2, 0.25) is 5.91 Å². The number of likely N-dealkylation sites (tertiary alicyclic amines) is 1. The number of nitrogens with zero attached hydrogens (tertiary/aromatic N) is 1. The van der Waals surface area contributed by atoms with E-state index in [0.29, 0.717) is 24.5 Å². The van der Waals surface area contributed by atoms with Crippen molar-refractivity contribution in [2.24, 2.45) is 0 Å². The fourth-order valence-electron chi connectivity index (χ4n) is 4.10. The number of benzene rings is 2. The van der Waals surface area contributed by atoms with Crippen LogP contribution >= 0.6 is 11.6 Å². The van der Waals surface area contributed by atoms with Crippen molar-refractivity contribution in [1.29, 1.82) is 0 Å². The third kappa shape index (κ3) is 2.76. The predicted molar refractivity (Wildman–Crippen MR) is 98.6 cm³/mol. The van der Waals surface area contributed by atoms with Gasteiger partial charge in [0.1, 0.15) is 5.60 Å². The maximum absolute atomic E-state index is 13.2. The van der Waals surface area contributed by atoms with E-state index in [1.165, 1.54) is 0 Å². The number of hydrogen-bond acceptors (Lipinski definition) is 2. The van der Waals surface area contributed by atoms with E-state index in [0.717, 1.165) is 29.5 Å². The van der Waals surface area contributed by atoms with E-state index in [-0.39, 0.29) is 5.91 Å². The average molecular weight is 356 g/mol. The zero-order chi connectivity index (χ0) is 17.7. The Balaban J connectivity index is 1.57. The number of halogens is 1. The van der Waals surface area contributed by atoms with Crippen molar-refractivity contribution in [3.05, 3.63) is 70.2 Å². The molecule has 0 unspecified atom stereocenters. The van der Waals surface area contributed by atoms with Gasteiger partial charge in [0, 0.05) is 11.6 Å². The Hall–Kier alpha value is -1.84. The standard InChI is InChI=1S/C21H22ClNO2/c1-15-4-2-3-5-18(15)21(25)12-13-23(14-21)19(24)20(10-11-20)16-6-8-17(22)9-7-16/h2-9,25H,10-14H2,1H3/t21-/m1/s1. The van der Waals surface area contributed by atoms with Gasteiger partial charge in [0.05, 0.1) is 12.0 Å². The van der Waals surface area contributed by atoms with Crippen LogP contribution in [0.25, 0.3) is 0 Å². The van der Waals surface area contributed by atoms with Crippen LogP contribution in [-0.2, 0) is 15.8 Å². The highest BCUT2D eigenvalue weighted by Crippen LogP contribution is 2.51. The molecule has 1 saturated carbocycles. The molecular weight excluding hydrogens is 334 g/mol. The van der Waals surface area contributed by atoms with E-state index in [4.69, 9.17) is 11.6 Å². The molecule has 1 amide bonds. The van der Waals surface area contributed by atoms with E-state index < -0.39 is 11.0 Å². The molecule has 4 heteroatoms. The molecule has 0 radical (unpaired) electrons. The van der Waals surface area contributed by atoms with Crippen LogP contribution in [0.3, 0.4) is 0 Å². The summed E-state index contributed by atoms with van der Waals surface area (Å²) in [6.07, 6.45) is 2.32. The second-order valence-electron chi connectivity index (χ2n) is 7.41. The van der Waals surface area contributed by atoms with Gasteiger partial charge in [-0.15, -0.1) is 0 Å². The van der Waals surface area contributed by atoms with Crippen molar-refractivity contribution >= 4 is 17.5 Å². The van der Waals surface area contributed by atoms with Crippen molar-refractivity contribution in [1.82, 2.24) is 4.90 Å². The molecule has 2 aromatic carbocycles. The molecule has 1 N–H and O–H groups in total. The Kier molecular flexibility index (Phi) is 3.89. The van der Waals surface area contributed by atoms with Crippen LogP contribution in [0.1, 0.15) is 36.0 Å². The minimum atomic E-state index is -0.947. The van der Waals surface area contributed by atoms with Crippen LogP contribution in [-0.4, -0.2) is 29.0 Å². The van der Waals surface area contributed by atoms with Crippen LogP contribution < -0.4 is 0 Å². The topological polar surface area (TPSA) is 40.5 Å². The first-order valence-corrected chi connectivity index (χ1v) is 9.16. The predicted octanol–water partition coefficient (Wildman–Crippen LogP) is 3.80. The second kappa shape index (κ2) is 5.86. The Bertz CT molecular complexity index is 813. The van der Waals surface area contributed by atoms with Gasteiger partial charge >= 0.3 is 0 Å². The lowest BCUT2D eigenvalue weighted by Crippen LogP contribution is -2.40. The molecule has 1 atom stereocenters. The van der Waals surface area contributed by atoms with E-state index in [1.54, 1.807) is 0 Å². The van der Waals surface area contributed by atoms with Gasteiger partial charge < -0.3 is 10.0 Å². The maximum atomic E-state index is 13.2. The van der Waals surface area contributed by atoms with Gasteiger partial charge in [-0.25, -0.2) is 0 Å². The molecule has 1 saturated heterocycles. The van der Waals surface area contributed by atoms with Crippen molar-refractivity contribution in [3.63, 3.8) is 0 Å². The third-order valence-electron chi connectivity index (χ3n) is 5.74. The van der Waals surface area contributed by atoms with Crippen LogP contribution in [0.5, 0.6) is 0 Å². The normalized spacial score (nSPS) is 24.4.